The molecular formula is C10H23N. The van der Waals surface area contributed by atoms with Crippen LogP contribution >= 0.6 is 0 Å². The van der Waals surface area contributed by atoms with Crippen molar-refractivity contribution in [3.63, 3.8) is 0 Å². The quantitative estimate of drug-likeness (QED) is 0.647. The summed E-state index contributed by atoms with van der Waals surface area (Å²) in [6, 6.07) is 0. The molecule has 0 saturated heterocycles. The first-order valence-corrected chi connectivity index (χ1v) is 4.69. The van der Waals surface area contributed by atoms with Gasteiger partial charge in [0, 0.05) is 0 Å². The van der Waals surface area contributed by atoms with Crippen LogP contribution in [0.15, 0.2) is 0 Å². The van der Waals surface area contributed by atoms with Crippen molar-refractivity contribution in [2.45, 2.75) is 40.5 Å². The average Bonchev–Trinajstić information content (AvgIpc) is 2.00. The van der Waals surface area contributed by atoms with Crippen LogP contribution in [-0.2, 0) is 0 Å². The first-order valence-electron chi connectivity index (χ1n) is 4.69. The molecule has 0 rings (SSSR count). The topological polar surface area (TPSA) is 12.0 Å². The molecule has 0 aromatic rings. The van der Waals surface area contributed by atoms with E-state index in [9.17, 15) is 0 Å². The maximum atomic E-state index is 3.19. The van der Waals surface area contributed by atoms with E-state index in [0.29, 0.717) is 5.41 Å². The minimum atomic E-state index is 0.511. The molecule has 0 aromatic heterocycles. The molecule has 68 valence electrons. The summed E-state index contributed by atoms with van der Waals surface area (Å²) in [5, 5.41) is 3.19. The molecule has 1 nitrogen and oxygen atoms in total. The third kappa shape index (κ3) is 3.76. The van der Waals surface area contributed by atoms with Gasteiger partial charge >= 0.3 is 0 Å². The van der Waals surface area contributed by atoms with Gasteiger partial charge in [0.15, 0.2) is 0 Å². The minimum absolute atomic E-state index is 0.511. The van der Waals surface area contributed by atoms with Crippen molar-refractivity contribution in [2.24, 2.45) is 11.3 Å². The normalized spacial score (nSPS) is 15.0. The van der Waals surface area contributed by atoms with E-state index >= 15 is 0 Å². The molecule has 0 fully saturated rings. The highest BCUT2D eigenvalue weighted by Gasteiger charge is 2.22. The fourth-order valence-electron chi connectivity index (χ4n) is 1.10. The molecule has 0 saturated carbocycles. The fraction of sp³-hybridized carbons (Fsp3) is 1.00. The van der Waals surface area contributed by atoms with Gasteiger partial charge in [-0.25, -0.2) is 0 Å². The molecule has 0 aliphatic rings. The van der Waals surface area contributed by atoms with Crippen molar-refractivity contribution < 1.29 is 0 Å². The second kappa shape index (κ2) is 4.76. The second-order valence-electron chi connectivity index (χ2n) is 4.14. The van der Waals surface area contributed by atoms with Gasteiger partial charge in [-0.15, -0.1) is 0 Å². The lowest BCUT2D eigenvalue weighted by molar-refractivity contribution is 0.209. The van der Waals surface area contributed by atoms with Gasteiger partial charge in [0.05, 0.1) is 0 Å². The van der Waals surface area contributed by atoms with Crippen molar-refractivity contribution in [2.75, 3.05) is 13.6 Å². The van der Waals surface area contributed by atoms with Gasteiger partial charge in [0.2, 0.25) is 0 Å². The van der Waals surface area contributed by atoms with Gasteiger partial charge in [-0.2, -0.15) is 0 Å². The lowest BCUT2D eigenvalue weighted by atomic mass is 9.76. The first-order chi connectivity index (χ1) is 5.04. The van der Waals surface area contributed by atoms with E-state index in [4.69, 9.17) is 0 Å². The molecule has 0 aromatic carbocycles. The lowest BCUT2D eigenvalue weighted by Gasteiger charge is -2.30. The largest absolute Gasteiger partial charge is 0.320 e. The highest BCUT2D eigenvalue weighted by molar-refractivity contribution is 4.73. The van der Waals surface area contributed by atoms with Gasteiger partial charge in [0.25, 0.3) is 0 Å². The van der Waals surface area contributed by atoms with Crippen LogP contribution in [0.4, 0.5) is 0 Å². The number of hydrogen-bond acceptors (Lipinski definition) is 1. The summed E-state index contributed by atoms with van der Waals surface area (Å²) in [5.41, 5.74) is 0.511. The third-order valence-corrected chi connectivity index (χ3v) is 3.07. The zero-order valence-corrected chi connectivity index (χ0v) is 8.70. The minimum Gasteiger partial charge on any atom is -0.320 e. The Labute approximate surface area is 71.6 Å². The van der Waals surface area contributed by atoms with Crippen molar-refractivity contribution in [3.05, 3.63) is 0 Å². The summed E-state index contributed by atoms with van der Waals surface area (Å²) < 4.78 is 0. The second-order valence-corrected chi connectivity index (χ2v) is 4.14. The monoisotopic (exact) mass is 157 g/mol. The van der Waals surface area contributed by atoms with Crippen LogP contribution in [0.25, 0.3) is 0 Å². The Hall–Kier alpha value is -0.0400. The van der Waals surface area contributed by atoms with Crippen LogP contribution in [0, 0.1) is 11.3 Å². The van der Waals surface area contributed by atoms with Crippen LogP contribution in [0.1, 0.15) is 40.5 Å². The van der Waals surface area contributed by atoms with Crippen molar-refractivity contribution in [3.8, 4) is 0 Å². The van der Waals surface area contributed by atoms with Gasteiger partial charge in [-0.3, -0.25) is 0 Å². The number of hydrogen-bond donors (Lipinski definition) is 1. The molecule has 0 bridgehead atoms. The van der Waals surface area contributed by atoms with Crippen LogP contribution < -0.4 is 5.32 Å². The van der Waals surface area contributed by atoms with Gasteiger partial charge < -0.3 is 5.32 Å². The summed E-state index contributed by atoms with van der Waals surface area (Å²) in [7, 11) is 2.02. The Kier molecular flexibility index (Phi) is 4.74. The van der Waals surface area contributed by atoms with Crippen LogP contribution in [0.2, 0.25) is 0 Å². The Morgan fingerprint density at radius 1 is 1.36 bits per heavy atom. The zero-order chi connectivity index (χ0) is 8.91. The molecule has 1 unspecified atom stereocenters. The predicted molar refractivity (Wildman–Crippen MR) is 51.8 cm³/mol. The molecule has 0 radical (unpaired) electrons. The molecule has 0 amide bonds. The molecule has 1 atom stereocenters. The predicted octanol–water partition coefficient (Wildman–Crippen LogP) is 2.67. The van der Waals surface area contributed by atoms with E-state index < -0.39 is 0 Å². The first kappa shape index (κ1) is 11.0. The van der Waals surface area contributed by atoms with E-state index in [-0.39, 0.29) is 0 Å². The molecule has 11 heavy (non-hydrogen) atoms. The zero-order valence-electron chi connectivity index (χ0n) is 8.70. The van der Waals surface area contributed by atoms with E-state index in [1.165, 1.54) is 12.8 Å². The highest BCUT2D eigenvalue weighted by Crippen LogP contribution is 2.31. The van der Waals surface area contributed by atoms with Crippen molar-refractivity contribution in [1.82, 2.24) is 5.32 Å². The van der Waals surface area contributed by atoms with E-state index in [0.717, 1.165) is 12.5 Å². The summed E-state index contributed by atoms with van der Waals surface area (Å²) in [4.78, 5) is 0. The summed E-state index contributed by atoms with van der Waals surface area (Å²) in [6.45, 7) is 10.5. The maximum absolute atomic E-state index is 3.19. The number of nitrogens with one attached hydrogen (secondary N) is 1. The summed E-state index contributed by atoms with van der Waals surface area (Å²) in [5.74, 6) is 0.819. The molecule has 0 spiro atoms. The van der Waals surface area contributed by atoms with E-state index in [1.54, 1.807) is 0 Å². The standard InChI is InChI=1S/C10H23N/c1-6-10(3,4)9(2)7-8-11-5/h9,11H,6-8H2,1-5H3. The molecule has 0 aliphatic carbocycles. The summed E-state index contributed by atoms with van der Waals surface area (Å²) in [6.07, 6.45) is 2.56. The molecule has 0 heterocycles. The van der Waals surface area contributed by atoms with Crippen LogP contribution in [0.5, 0.6) is 0 Å². The van der Waals surface area contributed by atoms with Gasteiger partial charge in [0.1, 0.15) is 0 Å². The maximum Gasteiger partial charge on any atom is -0.00492 e. The Balaban J connectivity index is 3.71. The summed E-state index contributed by atoms with van der Waals surface area (Å²) >= 11 is 0. The lowest BCUT2D eigenvalue weighted by Crippen LogP contribution is -2.24. The average molecular weight is 157 g/mol. The number of rotatable bonds is 5. The Bertz CT molecular complexity index is 97.0. The Morgan fingerprint density at radius 3 is 2.27 bits per heavy atom. The molecule has 1 heteroatoms. The van der Waals surface area contributed by atoms with Crippen molar-refractivity contribution >= 4 is 0 Å². The van der Waals surface area contributed by atoms with Crippen molar-refractivity contribution in [1.29, 1.82) is 0 Å². The van der Waals surface area contributed by atoms with Crippen LogP contribution in [-0.4, -0.2) is 13.6 Å². The van der Waals surface area contributed by atoms with E-state index in [2.05, 4.69) is 33.0 Å². The fourth-order valence-corrected chi connectivity index (χ4v) is 1.10. The van der Waals surface area contributed by atoms with Crippen LogP contribution in [0.3, 0.4) is 0 Å². The van der Waals surface area contributed by atoms with Gasteiger partial charge in [-0.05, 0) is 31.3 Å². The highest BCUT2D eigenvalue weighted by atomic mass is 14.8. The SMILES string of the molecule is CCC(C)(C)C(C)CCNC. The van der Waals surface area contributed by atoms with Gasteiger partial charge in [-0.1, -0.05) is 34.1 Å². The Morgan fingerprint density at radius 2 is 1.91 bits per heavy atom. The smallest absolute Gasteiger partial charge is 0.00492 e. The van der Waals surface area contributed by atoms with E-state index in [1.807, 2.05) is 7.05 Å². The molecule has 0 aliphatic heterocycles. The molecule has 1 N–H and O–H groups in total. The third-order valence-electron chi connectivity index (χ3n) is 3.07. The molecular weight excluding hydrogens is 134 g/mol.